The van der Waals surface area contributed by atoms with E-state index in [1.165, 1.54) is 25.1 Å². The van der Waals surface area contributed by atoms with E-state index in [2.05, 4.69) is 11.8 Å². The zero-order chi connectivity index (χ0) is 19.6. The van der Waals surface area contributed by atoms with Crippen LogP contribution in [0, 0.1) is 23.0 Å². The van der Waals surface area contributed by atoms with Crippen LogP contribution in [0.2, 0.25) is 0 Å². The highest BCUT2D eigenvalue weighted by atomic mass is 32.2. The number of benzene rings is 2. The predicted octanol–water partition coefficient (Wildman–Crippen LogP) is 3.91. The van der Waals surface area contributed by atoms with Crippen molar-refractivity contribution >= 4 is 21.5 Å². The van der Waals surface area contributed by atoms with Crippen molar-refractivity contribution in [3.8, 4) is 5.75 Å². The van der Waals surface area contributed by atoms with E-state index in [0.29, 0.717) is 11.6 Å². The Balaban J connectivity index is 2.00. The van der Waals surface area contributed by atoms with Gasteiger partial charge in [-0.3, -0.25) is 10.1 Å². The van der Waals surface area contributed by atoms with Gasteiger partial charge in [0.05, 0.1) is 10.6 Å². The molecule has 3 rings (SSSR count). The van der Waals surface area contributed by atoms with Crippen LogP contribution in [-0.2, 0) is 10.1 Å². The molecule has 2 aromatic rings. The molecule has 0 bridgehead atoms. The first-order valence-electron chi connectivity index (χ1n) is 8.82. The minimum Gasteiger partial charge on any atom is -0.377 e. The SMILES string of the molecule is Cc1cccc([N+](=O)[O-])c1S(=O)(=O)Oc1ccccc1N1CCCC(C)C1. The summed E-state index contributed by atoms with van der Waals surface area (Å²) in [5.41, 5.74) is 0.469. The second-order valence-electron chi connectivity index (χ2n) is 6.88. The molecule has 144 valence electrons. The third kappa shape index (κ3) is 4.05. The van der Waals surface area contributed by atoms with Gasteiger partial charge in [-0.1, -0.05) is 31.2 Å². The van der Waals surface area contributed by atoms with Crippen molar-refractivity contribution in [1.82, 2.24) is 0 Å². The number of rotatable bonds is 5. The highest BCUT2D eigenvalue weighted by molar-refractivity contribution is 7.87. The van der Waals surface area contributed by atoms with Gasteiger partial charge in [-0.05, 0) is 43.4 Å². The summed E-state index contributed by atoms with van der Waals surface area (Å²) in [5.74, 6) is 0.685. The van der Waals surface area contributed by atoms with Crippen LogP contribution in [-0.4, -0.2) is 26.4 Å². The van der Waals surface area contributed by atoms with Crippen molar-refractivity contribution in [3.63, 3.8) is 0 Å². The Kier molecular flexibility index (Phi) is 5.36. The number of anilines is 1. The molecule has 0 aromatic heterocycles. The molecule has 0 N–H and O–H groups in total. The monoisotopic (exact) mass is 390 g/mol. The minimum absolute atomic E-state index is 0.184. The molecule has 8 heteroatoms. The molecular formula is C19H22N2O5S. The number of nitro benzene ring substituents is 1. The first kappa shape index (κ1) is 19.2. The van der Waals surface area contributed by atoms with Crippen LogP contribution < -0.4 is 9.08 Å². The quantitative estimate of drug-likeness (QED) is 0.437. The van der Waals surface area contributed by atoms with E-state index < -0.39 is 25.6 Å². The van der Waals surface area contributed by atoms with Gasteiger partial charge in [-0.25, -0.2) is 0 Å². The van der Waals surface area contributed by atoms with Gasteiger partial charge in [-0.15, -0.1) is 0 Å². The highest BCUT2D eigenvalue weighted by Crippen LogP contribution is 2.35. The molecule has 1 aliphatic heterocycles. The zero-order valence-electron chi connectivity index (χ0n) is 15.3. The molecule has 1 fully saturated rings. The van der Waals surface area contributed by atoms with Crippen LogP contribution in [0.1, 0.15) is 25.3 Å². The minimum atomic E-state index is -4.36. The smallest absolute Gasteiger partial charge is 0.346 e. The van der Waals surface area contributed by atoms with Gasteiger partial charge in [0, 0.05) is 19.2 Å². The van der Waals surface area contributed by atoms with E-state index in [4.69, 9.17) is 4.18 Å². The highest BCUT2D eigenvalue weighted by Gasteiger charge is 2.31. The van der Waals surface area contributed by atoms with Crippen molar-refractivity contribution in [2.75, 3.05) is 18.0 Å². The van der Waals surface area contributed by atoms with Crippen molar-refractivity contribution < 1.29 is 17.5 Å². The van der Waals surface area contributed by atoms with Gasteiger partial charge >= 0.3 is 10.1 Å². The fourth-order valence-corrected chi connectivity index (χ4v) is 4.78. The van der Waals surface area contributed by atoms with Crippen LogP contribution >= 0.6 is 0 Å². The molecule has 1 unspecified atom stereocenters. The van der Waals surface area contributed by atoms with E-state index in [1.54, 1.807) is 12.1 Å². The second kappa shape index (κ2) is 7.56. The van der Waals surface area contributed by atoms with E-state index >= 15 is 0 Å². The van der Waals surface area contributed by atoms with E-state index in [9.17, 15) is 18.5 Å². The normalized spacial score (nSPS) is 17.6. The summed E-state index contributed by atoms with van der Waals surface area (Å²) in [6.45, 7) is 5.30. The van der Waals surface area contributed by atoms with E-state index in [-0.39, 0.29) is 11.3 Å². The summed E-state index contributed by atoms with van der Waals surface area (Å²) in [4.78, 5) is 12.3. The first-order chi connectivity index (χ1) is 12.8. The van der Waals surface area contributed by atoms with Gasteiger partial charge < -0.3 is 9.08 Å². The average molecular weight is 390 g/mol. The van der Waals surface area contributed by atoms with Gasteiger partial charge in [0.25, 0.3) is 5.69 Å². The third-order valence-corrected chi connectivity index (χ3v) is 6.13. The number of para-hydroxylation sites is 2. The molecule has 1 heterocycles. The Morgan fingerprint density at radius 2 is 1.93 bits per heavy atom. The first-order valence-corrected chi connectivity index (χ1v) is 10.2. The van der Waals surface area contributed by atoms with Gasteiger partial charge in [-0.2, -0.15) is 8.42 Å². The van der Waals surface area contributed by atoms with E-state index in [0.717, 1.165) is 25.9 Å². The maximum absolute atomic E-state index is 12.9. The maximum Gasteiger partial charge on any atom is 0.346 e. The number of nitro groups is 1. The molecular weight excluding hydrogens is 368 g/mol. The predicted molar refractivity (Wildman–Crippen MR) is 103 cm³/mol. The number of piperidine rings is 1. The number of aryl methyl sites for hydroxylation is 1. The fraction of sp³-hybridized carbons (Fsp3) is 0.368. The van der Waals surface area contributed by atoms with Crippen LogP contribution in [0.25, 0.3) is 0 Å². The molecule has 0 aliphatic carbocycles. The van der Waals surface area contributed by atoms with Crippen LogP contribution in [0.5, 0.6) is 5.75 Å². The Bertz CT molecular complexity index is 958. The van der Waals surface area contributed by atoms with Gasteiger partial charge in [0.2, 0.25) is 0 Å². The molecule has 27 heavy (non-hydrogen) atoms. The molecule has 2 aromatic carbocycles. The molecule has 0 saturated carbocycles. The summed E-state index contributed by atoms with van der Waals surface area (Å²) in [6, 6.07) is 11.0. The Labute approximate surface area is 158 Å². The van der Waals surface area contributed by atoms with Gasteiger partial charge in [0.15, 0.2) is 10.6 Å². The molecule has 7 nitrogen and oxygen atoms in total. The Morgan fingerprint density at radius 1 is 1.19 bits per heavy atom. The Morgan fingerprint density at radius 3 is 2.63 bits per heavy atom. The molecule has 1 atom stereocenters. The lowest BCUT2D eigenvalue weighted by molar-refractivity contribution is -0.388. The molecule has 1 aliphatic rings. The number of hydrogen-bond donors (Lipinski definition) is 0. The van der Waals surface area contributed by atoms with Crippen molar-refractivity contribution in [2.24, 2.45) is 5.92 Å². The number of hydrogen-bond acceptors (Lipinski definition) is 6. The summed E-state index contributed by atoms with van der Waals surface area (Å²) < 4.78 is 31.2. The topological polar surface area (TPSA) is 89.8 Å². The molecule has 1 saturated heterocycles. The van der Waals surface area contributed by atoms with Crippen LogP contribution in [0.3, 0.4) is 0 Å². The average Bonchev–Trinajstić information content (AvgIpc) is 2.61. The third-order valence-electron chi connectivity index (χ3n) is 4.70. The fourth-order valence-electron chi connectivity index (χ4n) is 3.46. The standard InChI is InChI=1S/C19H22N2O5S/c1-14-7-6-12-20(13-14)16-9-3-4-11-18(16)26-27(24,25)19-15(2)8-5-10-17(19)21(22)23/h3-5,8-11,14H,6-7,12-13H2,1-2H3. The van der Waals surface area contributed by atoms with Gasteiger partial charge in [0.1, 0.15) is 0 Å². The summed E-state index contributed by atoms with van der Waals surface area (Å²) in [5, 5.41) is 11.3. The van der Waals surface area contributed by atoms with Crippen LogP contribution in [0.15, 0.2) is 47.4 Å². The summed E-state index contributed by atoms with van der Waals surface area (Å²) in [7, 11) is -4.36. The zero-order valence-corrected chi connectivity index (χ0v) is 16.1. The van der Waals surface area contributed by atoms with Crippen molar-refractivity contribution in [1.29, 1.82) is 0 Å². The molecule has 0 radical (unpaired) electrons. The second-order valence-corrected chi connectivity index (χ2v) is 8.36. The maximum atomic E-state index is 12.9. The molecule has 0 spiro atoms. The molecule has 0 amide bonds. The number of nitrogens with zero attached hydrogens (tertiary/aromatic N) is 2. The van der Waals surface area contributed by atoms with Crippen molar-refractivity contribution in [3.05, 3.63) is 58.1 Å². The Hall–Kier alpha value is -2.61. The summed E-state index contributed by atoms with van der Waals surface area (Å²) in [6.07, 6.45) is 2.15. The van der Waals surface area contributed by atoms with E-state index in [1.807, 2.05) is 12.1 Å². The van der Waals surface area contributed by atoms with Crippen LogP contribution in [0.4, 0.5) is 11.4 Å². The summed E-state index contributed by atoms with van der Waals surface area (Å²) >= 11 is 0. The largest absolute Gasteiger partial charge is 0.377 e. The lowest BCUT2D eigenvalue weighted by Crippen LogP contribution is -2.34. The lowest BCUT2D eigenvalue weighted by atomic mass is 10.00. The van der Waals surface area contributed by atoms with Crippen molar-refractivity contribution in [2.45, 2.75) is 31.6 Å². The lowest BCUT2D eigenvalue weighted by Gasteiger charge is -2.33.